The summed E-state index contributed by atoms with van der Waals surface area (Å²) in [5, 5.41) is 4.67. The van der Waals surface area contributed by atoms with E-state index < -0.39 is 0 Å². The predicted octanol–water partition coefficient (Wildman–Crippen LogP) is 4.49. The van der Waals surface area contributed by atoms with Crippen LogP contribution < -0.4 is 4.74 Å². The summed E-state index contributed by atoms with van der Waals surface area (Å²) in [4.78, 5) is 9.09. The first-order chi connectivity index (χ1) is 14.7. The fourth-order valence-electron chi connectivity index (χ4n) is 3.98. The van der Waals surface area contributed by atoms with E-state index in [2.05, 4.69) is 40.4 Å². The van der Waals surface area contributed by atoms with Gasteiger partial charge in [0.25, 0.3) is 0 Å². The van der Waals surface area contributed by atoms with Crippen LogP contribution in [0.4, 0.5) is 0 Å². The number of hydrogen-bond acceptors (Lipinski definition) is 4. The Morgan fingerprint density at radius 2 is 1.97 bits per heavy atom. The van der Waals surface area contributed by atoms with Crippen LogP contribution in [0.1, 0.15) is 40.8 Å². The topological polar surface area (TPSA) is 57.8 Å². The van der Waals surface area contributed by atoms with Gasteiger partial charge in [0.2, 0.25) is 0 Å². The summed E-state index contributed by atoms with van der Waals surface area (Å²) in [5.74, 6) is 2.89. The maximum Gasteiger partial charge on any atom is 0.174 e. The first kappa shape index (κ1) is 18.4. The van der Waals surface area contributed by atoms with Crippen LogP contribution >= 0.6 is 0 Å². The smallest absolute Gasteiger partial charge is 0.174 e. The van der Waals surface area contributed by atoms with Crippen LogP contribution in [-0.4, -0.2) is 31.4 Å². The van der Waals surface area contributed by atoms with Crippen LogP contribution in [0, 0.1) is 6.92 Å². The summed E-state index contributed by atoms with van der Waals surface area (Å²) in [6.45, 7) is 2.88. The second kappa shape index (κ2) is 7.63. The normalized spacial score (nSPS) is 15.6. The highest BCUT2D eigenvalue weighted by Gasteiger charge is 2.27. The van der Waals surface area contributed by atoms with Crippen LogP contribution in [0.25, 0.3) is 17.8 Å². The minimum absolute atomic E-state index is 0.318. The van der Waals surface area contributed by atoms with E-state index >= 15 is 0 Å². The zero-order chi connectivity index (χ0) is 20.5. The predicted molar refractivity (Wildman–Crippen MR) is 117 cm³/mol. The van der Waals surface area contributed by atoms with Gasteiger partial charge in [-0.1, -0.05) is 42.5 Å². The van der Waals surface area contributed by atoms with Crippen LogP contribution in [0.5, 0.6) is 5.75 Å². The molecule has 150 valence electrons. The van der Waals surface area contributed by atoms with Crippen LogP contribution in [-0.2, 0) is 6.54 Å². The van der Waals surface area contributed by atoms with Crippen LogP contribution in [0.3, 0.4) is 0 Å². The van der Waals surface area contributed by atoms with E-state index in [-0.39, 0.29) is 0 Å². The molecule has 3 heterocycles. The fourth-order valence-corrected chi connectivity index (χ4v) is 3.98. The number of methoxy groups -OCH3 is 1. The molecule has 0 spiro atoms. The van der Waals surface area contributed by atoms with Crippen LogP contribution in [0.15, 0.2) is 61.1 Å². The van der Waals surface area contributed by atoms with E-state index in [4.69, 9.17) is 9.72 Å². The Morgan fingerprint density at radius 3 is 2.73 bits per heavy atom. The number of aryl methyl sites for hydroxylation is 2. The Balaban J connectivity index is 1.39. The summed E-state index contributed by atoms with van der Waals surface area (Å²) in [5.41, 5.74) is 4.25. The Labute approximate surface area is 175 Å². The molecule has 2 aromatic heterocycles. The van der Waals surface area contributed by atoms with Crippen molar-refractivity contribution in [3.8, 4) is 11.4 Å². The molecule has 1 unspecified atom stereocenters. The molecule has 1 atom stereocenters. The zero-order valence-corrected chi connectivity index (χ0v) is 17.1. The van der Waals surface area contributed by atoms with E-state index in [0.29, 0.717) is 5.92 Å². The molecule has 5 rings (SSSR count). The molecule has 6 heteroatoms. The van der Waals surface area contributed by atoms with Gasteiger partial charge in [0.1, 0.15) is 11.6 Å². The third-order valence-corrected chi connectivity index (χ3v) is 5.48. The molecular weight excluding hydrogens is 374 g/mol. The number of imidazole rings is 1. The SMILES string of the molecule is COc1cc(C=Cc2nc3n(n2)CCC3c2ccccc2)ccc1-n1cnc(C)c1. The lowest BCUT2D eigenvalue weighted by atomic mass is 9.97. The standard InChI is InChI=1S/C24H23N5O/c1-17-15-28(16-25-17)21-10-8-18(14-22(21)30-2)9-11-23-26-24-20(12-13-29(24)27-23)19-6-4-3-5-7-19/h3-11,14-16,20H,12-13H2,1-2H3. The average Bonchev–Trinajstić information content (AvgIpc) is 3.48. The molecule has 6 nitrogen and oxygen atoms in total. The van der Waals surface area contributed by atoms with Crippen molar-refractivity contribution in [2.75, 3.05) is 7.11 Å². The summed E-state index contributed by atoms with van der Waals surface area (Å²) in [7, 11) is 1.68. The number of fused-ring (bicyclic) bond motifs is 1. The van der Waals surface area contributed by atoms with Gasteiger partial charge in [-0.05, 0) is 42.7 Å². The van der Waals surface area contributed by atoms with Crippen molar-refractivity contribution >= 4 is 12.2 Å². The van der Waals surface area contributed by atoms with E-state index in [1.807, 2.05) is 52.7 Å². The van der Waals surface area contributed by atoms with E-state index in [1.165, 1.54) is 5.56 Å². The molecule has 1 aliphatic heterocycles. The van der Waals surface area contributed by atoms with Crippen molar-refractivity contribution in [3.05, 3.63) is 89.5 Å². The van der Waals surface area contributed by atoms with Gasteiger partial charge in [-0.3, -0.25) is 0 Å². The zero-order valence-electron chi connectivity index (χ0n) is 17.1. The minimum atomic E-state index is 0.318. The number of hydrogen-bond donors (Lipinski definition) is 0. The van der Waals surface area contributed by atoms with Gasteiger partial charge in [-0.15, -0.1) is 0 Å². The molecule has 2 aromatic carbocycles. The molecular formula is C24H23N5O. The molecule has 0 bridgehead atoms. The highest BCUT2D eigenvalue weighted by molar-refractivity contribution is 5.69. The number of rotatable bonds is 5. The monoisotopic (exact) mass is 397 g/mol. The van der Waals surface area contributed by atoms with Crippen molar-refractivity contribution in [1.82, 2.24) is 24.3 Å². The van der Waals surface area contributed by atoms with Gasteiger partial charge in [-0.25, -0.2) is 14.6 Å². The van der Waals surface area contributed by atoms with E-state index in [0.717, 1.165) is 47.3 Å². The van der Waals surface area contributed by atoms with Crippen molar-refractivity contribution in [2.45, 2.75) is 25.8 Å². The lowest BCUT2D eigenvalue weighted by Gasteiger charge is -2.09. The van der Waals surface area contributed by atoms with Gasteiger partial charge >= 0.3 is 0 Å². The highest BCUT2D eigenvalue weighted by atomic mass is 16.5. The maximum absolute atomic E-state index is 5.60. The molecule has 0 fully saturated rings. The second-order valence-electron chi connectivity index (χ2n) is 7.49. The molecule has 4 aromatic rings. The third-order valence-electron chi connectivity index (χ3n) is 5.48. The van der Waals surface area contributed by atoms with E-state index in [9.17, 15) is 0 Å². The number of benzene rings is 2. The number of ether oxygens (including phenoxy) is 1. The van der Waals surface area contributed by atoms with E-state index in [1.54, 1.807) is 13.4 Å². The molecule has 0 amide bonds. The first-order valence-electron chi connectivity index (χ1n) is 10.1. The quantitative estimate of drug-likeness (QED) is 0.498. The van der Waals surface area contributed by atoms with Gasteiger partial charge < -0.3 is 9.30 Å². The first-order valence-corrected chi connectivity index (χ1v) is 10.1. The third kappa shape index (κ3) is 3.41. The lowest BCUT2D eigenvalue weighted by molar-refractivity contribution is 0.413. The Bertz CT molecular complexity index is 1210. The van der Waals surface area contributed by atoms with Crippen molar-refractivity contribution in [3.63, 3.8) is 0 Å². The molecule has 0 radical (unpaired) electrons. The average molecular weight is 397 g/mol. The summed E-state index contributed by atoms with van der Waals surface area (Å²) < 4.78 is 9.59. The van der Waals surface area contributed by atoms with Gasteiger partial charge in [0, 0.05) is 18.7 Å². The largest absolute Gasteiger partial charge is 0.495 e. The fraction of sp³-hybridized carbons (Fsp3) is 0.208. The minimum Gasteiger partial charge on any atom is -0.495 e. The summed E-state index contributed by atoms with van der Waals surface area (Å²) >= 11 is 0. The molecule has 0 saturated carbocycles. The molecule has 0 saturated heterocycles. The Kier molecular flexibility index (Phi) is 4.67. The Morgan fingerprint density at radius 1 is 1.10 bits per heavy atom. The number of aromatic nitrogens is 5. The Hall–Kier alpha value is -3.67. The van der Waals surface area contributed by atoms with Crippen molar-refractivity contribution in [2.24, 2.45) is 0 Å². The summed E-state index contributed by atoms with van der Waals surface area (Å²) in [6, 6.07) is 16.6. The molecule has 1 aliphatic rings. The lowest BCUT2D eigenvalue weighted by Crippen LogP contribution is -1.98. The second-order valence-corrected chi connectivity index (χ2v) is 7.49. The summed E-state index contributed by atoms with van der Waals surface area (Å²) in [6.07, 6.45) is 8.81. The van der Waals surface area contributed by atoms with Crippen molar-refractivity contribution < 1.29 is 4.74 Å². The van der Waals surface area contributed by atoms with Gasteiger partial charge in [0.05, 0.1) is 24.8 Å². The molecule has 0 N–H and O–H groups in total. The van der Waals surface area contributed by atoms with Crippen LogP contribution in [0.2, 0.25) is 0 Å². The molecule has 0 aliphatic carbocycles. The van der Waals surface area contributed by atoms with Crippen molar-refractivity contribution in [1.29, 1.82) is 0 Å². The van der Waals surface area contributed by atoms with Gasteiger partial charge in [0.15, 0.2) is 5.82 Å². The number of nitrogens with zero attached hydrogens (tertiary/aromatic N) is 5. The molecule has 30 heavy (non-hydrogen) atoms. The maximum atomic E-state index is 5.60. The highest BCUT2D eigenvalue weighted by Crippen LogP contribution is 2.32. The van der Waals surface area contributed by atoms with Gasteiger partial charge in [-0.2, -0.15) is 5.10 Å².